The summed E-state index contributed by atoms with van der Waals surface area (Å²) in [5, 5.41) is 4.69. The average Bonchev–Trinajstić information content (AvgIpc) is 2.45. The Morgan fingerprint density at radius 3 is 2.25 bits per heavy atom. The molecule has 0 aliphatic carbocycles. The second-order valence-corrected chi connectivity index (χ2v) is 8.40. The van der Waals surface area contributed by atoms with Crippen molar-refractivity contribution in [3.05, 3.63) is 62.5 Å². The molecule has 5 heteroatoms. The number of hydrogen-bond donors (Lipinski definition) is 0. The summed E-state index contributed by atoms with van der Waals surface area (Å²) in [6.07, 6.45) is 1.52. The molecule has 0 aliphatic heterocycles. The molecule has 1 aromatic heterocycles. The van der Waals surface area contributed by atoms with Crippen LogP contribution in [0.2, 0.25) is 5.02 Å². The summed E-state index contributed by atoms with van der Waals surface area (Å²) in [4.78, 5) is 18.4. The largest absolute Gasteiger partial charge is 0.389 e. The van der Waals surface area contributed by atoms with Crippen LogP contribution in [0.5, 0.6) is 0 Å². The van der Waals surface area contributed by atoms with E-state index >= 15 is 0 Å². The molecule has 0 bridgehead atoms. The number of rotatable bonds is 3. The van der Waals surface area contributed by atoms with Gasteiger partial charge in [-0.05, 0) is 45.7 Å². The van der Waals surface area contributed by atoms with E-state index in [-0.39, 0.29) is 23.0 Å². The fourth-order valence-electron chi connectivity index (χ4n) is 2.58. The van der Waals surface area contributed by atoms with Crippen molar-refractivity contribution < 1.29 is 4.84 Å². The topological polar surface area (TPSA) is 44.1 Å². The van der Waals surface area contributed by atoms with Crippen molar-refractivity contribution in [2.24, 2.45) is 0 Å². The number of halogens is 1. The van der Waals surface area contributed by atoms with Crippen molar-refractivity contribution in [1.29, 1.82) is 0 Å². The fraction of sp³-hybridized carbons (Fsp3) is 0.474. The van der Waals surface area contributed by atoms with E-state index in [1.807, 2.05) is 6.07 Å². The van der Waals surface area contributed by atoms with Crippen LogP contribution in [-0.4, -0.2) is 9.94 Å². The van der Waals surface area contributed by atoms with E-state index in [0.717, 1.165) is 26.6 Å². The van der Waals surface area contributed by atoms with Crippen molar-refractivity contribution in [3.8, 4) is 0 Å². The summed E-state index contributed by atoms with van der Waals surface area (Å²) in [6.45, 7) is 13.0. The molecular weight excluding hydrogens is 324 g/mol. The quantitative estimate of drug-likeness (QED) is 0.838. The Hall–Kier alpha value is -1.81. The van der Waals surface area contributed by atoms with Gasteiger partial charge in [-0.25, -0.2) is 0 Å². The molecule has 1 heterocycles. The molecule has 0 N–H and O–H groups in total. The second kappa shape index (κ2) is 6.60. The van der Waals surface area contributed by atoms with Gasteiger partial charge in [0.1, 0.15) is 6.61 Å². The van der Waals surface area contributed by atoms with E-state index in [1.165, 1.54) is 12.3 Å². The summed E-state index contributed by atoms with van der Waals surface area (Å²) in [6, 6.07) is 7.10. The molecule has 0 aliphatic rings. The van der Waals surface area contributed by atoms with Crippen LogP contribution in [0.15, 0.2) is 35.3 Å². The first-order valence-electron chi connectivity index (χ1n) is 8.01. The zero-order valence-electron chi connectivity index (χ0n) is 15.2. The smallest absolute Gasteiger partial charge is 0.303 e. The van der Waals surface area contributed by atoms with E-state index in [0.29, 0.717) is 0 Å². The van der Waals surface area contributed by atoms with Crippen LogP contribution in [0.3, 0.4) is 0 Å². The van der Waals surface area contributed by atoms with Crippen LogP contribution in [0.1, 0.15) is 58.2 Å². The van der Waals surface area contributed by atoms with Gasteiger partial charge in [-0.1, -0.05) is 58.0 Å². The molecule has 0 spiro atoms. The standard InChI is InChI=1S/C19H25ClN2O2/c1-18(2,3)14-11-16(20)15(19(4,5)6)10-13(14)12-24-22-17(23)8-7-9-21-22/h7-11H,12H2,1-6H3. The van der Waals surface area contributed by atoms with E-state index < -0.39 is 0 Å². The Balaban J connectivity index is 2.46. The number of benzene rings is 1. The van der Waals surface area contributed by atoms with Gasteiger partial charge >= 0.3 is 5.56 Å². The zero-order valence-corrected chi connectivity index (χ0v) is 15.9. The maximum atomic E-state index is 11.8. The van der Waals surface area contributed by atoms with Crippen LogP contribution in [0.4, 0.5) is 0 Å². The minimum Gasteiger partial charge on any atom is -0.389 e. The highest BCUT2D eigenvalue weighted by Crippen LogP contribution is 2.36. The third kappa shape index (κ3) is 4.18. The Morgan fingerprint density at radius 2 is 1.71 bits per heavy atom. The summed E-state index contributed by atoms with van der Waals surface area (Å²) in [7, 11) is 0. The Bertz CT molecular complexity index is 783. The maximum absolute atomic E-state index is 11.8. The highest BCUT2D eigenvalue weighted by atomic mass is 35.5. The van der Waals surface area contributed by atoms with Gasteiger partial charge in [0.2, 0.25) is 0 Å². The van der Waals surface area contributed by atoms with Crippen LogP contribution < -0.4 is 10.4 Å². The molecule has 2 aromatic rings. The zero-order chi connectivity index (χ0) is 18.1. The fourth-order valence-corrected chi connectivity index (χ4v) is 3.03. The van der Waals surface area contributed by atoms with E-state index in [2.05, 4.69) is 52.7 Å². The van der Waals surface area contributed by atoms with Crippen LogP contribution in [-0.2, 0) is 17.4 Å². The first-order valence-corrected chi connectivity index (χ1v) is 8.39. The molecular formula is C19H25ClN2O2. The lowest BCUT2D eigenvalue weighted by atomic mass is 9.79. The molecule has 0 saturated carbocycles. The lowest BCUT2D eigenvalue weighted by Crippen LogP contribution is -2.29. The number of aromatic nitrogens is 2. The molecule has 0 amide bonds. The van der Waals surface area contributed by atoms with Crippen LogP contribution >= 0.6 is 11.6 Å². The van der Waals surface area contributed by atoms with Gasteiger partial charge in [0.05, 0.1) is 6.20 Å². The second-order valence-electron chi connectivity index (χ2n) is 8.00. The minimum atomic E-state index is -0.292. The molecule has 0 saturated heterocycles. The van der Waals surface area contributed by atoms with Crippen molar-refractivity contribution in [2.75, 3.05) is 0 Å². The van der Waals surface area contributed by atoms with Crippen LogP contribution in [0.25, 0.3) is 0 Å². The Labute approximate surface area is 148 Å². The van der Waals surface area contributed by atoms with E-state index in [9.17, 15) is 4.79 Å². The molecule has 0 atom stereocenters. The van der Waals surface area contributed by atoms with Crippen molar-refractivity contribution in [2.45, 2.75) is 59.0 Å². The van der Waals surface area contributed by atoms with Crippen LogP contribution in [0, 0.1) is 0 Å². The van der Waals surface area contributed by atoms with Gasteiger partial charge < -0.3 is 4.84 Å². The van der Waals surface area contributed by atoms with Gasteiger partial charge in [-0.15, -0.1) is 5.10 Å². The molecule has 0 unspecified atom stereocenters. The summed E-state index contributed by atoms with van der Waals surface area (Å²) in [5.41, 5.74) is 2.71. The number of hydrogen-bond acceptors (Lipinski definition) is 3. The molecule has 130 valence electrons. The van der Waals surface area contributed by atoms with Gasteiger partial charge in [-0.2, -0.15) is 0 Å². The predicted octanol–water partition coefficient (Wildman–Crippen LogP) is 4.12. The SMILES string of the molecule is CC(C)(C)c1cc(COn2ncccc2=O)c(C(C)(C)C)cc1Cl. The molecule has 1 aromatic carbocycles. The lowest BCUT2D eigenvalue weighted by molar-refractivity contribution is 0.0586. The monoisotopic (exact) mass is 348 g/mol. The molecule has 0 fully saturated rings. The van der Waals surface area contributed by atoms with E-state index in [4.69, 9.17) is 16.4 Å². The van der Waals surface area contributed by atoms with Gasteiger partial charge in [0.25, 0.3) is 0 Å². The lowest BCUT2D eigenvalue weighted by Gasteiger charge is -2.28. The first kappa shape index (κ1) is 18.5. The van der Waals surface area contributed by atoms with Crippen molar-refractivity contribution in [1.82, 2.24) is 9.94 Å². The van der Waals surface area contributed by atoms with Crippen molar-refractivity contribution in [3.63, 3.8) is 0 Å². The van der Waals surface area contributed by atoms with Gasteiger partial charge in [0.15, 0.2) is 0 Å². The van der Waals surface area contributed by atoms with E-state index in [1.54, 1.807) is 6.07 Å². The average molecular weight is 349 g/mol. The molecule has 4 nitrogen and oxygen atoms in total. The molecule has 2 rings (SSSR count). The van der Waals surface area contributed by atoms with Gasteiger partial charge in [0, 0.05) is 11.1 Å². The molecule has 0 radical (unpaired) electrons. The first-order chi connectivity index (χ1) is 11.0. The highest BCUT2D eigenvalue weighted by molar-refractivity contribution is 6.31. The number of nitrogens with zero attached hydrogens (tertiary/aromatic N) is 2. The summed E-state index contributed by atoms with van der Waals surface area (Å²) in [5.74, 6) is 0. The predicted molar refractivity (Wildman–Crippen MR) is 97.6 cm³/mol. The third-order valence-electron chi connectivity index (χ3n) is 3.84. The Kier molecular flexibility index (Phi) is 5.09. The highest BCUT2D eigenvalue weighted by Gasteiger charge is 2.24. The normalized spacial score (nSPS) is 12.3. The maximum Gasteiger partial charge on any atom is 0.303 e. The third-order valence-corrected chi connectivity index (χ3v) is 4.15. The van der Waals surface area contributed by atoms with Gasteiger partial charge in [-0.3, -0.25) is 4.79 Å². The summed E-state index contributed by atoms with van der Waals surface area (Å²) >= 11 is 6.53. The Morgan fingerprint density at radius 1 is 1.08 bits per heavy atom. The summed E-state index contributed by atoms with van der Waals surface area (Å²) < 4.78 is 0. The molecule has 24 heavy (non-hydrogen) atoms. The minimum absolute atomic E-state index is 0.0793. The van der Waals surface area contributed by atoms with Crippen molar-refractivity contribution >= 4 is 11.6 Å².